The fraction of sp³-hybridized carbons (Fsp3) is 0.194. The lowest BCUT2D eigenvalue weighted by atomic mass is 10.1. The number of nitrogens with one attached hydrogen (secondary N) is 2. The molecule has 0 heterocycles. The Morgan fingerprint density at radius 3 is 2.10 bits per heavy atom. The standard InChI is InChI=1S/C31H27FN2O5/c1-21(36)30(28(37)20-35)34-31(39)25-14-9-22(10-15-25)5-2-3-6-23-11-16-27(17-12-23)33-29(38)18-13-24-7-4-8-26(32)19-24/h4,7-12,14-17,19,21,30,35-36H,13,18,20H2,1H3,(H,33,38)(H,34,39)/t21-,30+/m1/s1. The van der Waals surface area contributed by atoms with E-state index in [4.69, 9.17) is 5.11 Å². The summed E-state index contributed by atoms with van der Waals surface area (Å²) in [4.78, 5) is 36.2. The van der Waals surface area contributed by atoms with Crippen molar-refractivity contribution in [2.45, 2.75) is 31.9 Å². The van der Waals surface area contributed by atoms with E-state index in [1.54, 1.807) is 48.5 Å². The first-order valence-corrected chi connectivity index (χ1v) is 12.1. The second-order valence-corrected chi connectivity index (χ2v) is 8.65. The highest BCUT2D eigenvalue weighted by atomic mass is 19.1. The van der Waals surface area contributed by atoms with Crippen LogP contribution in [0.15, 0.2) is 72.8 Å². The molecule has 0 bridgehead atoms. The number of benzene rings is 3. The number of amides is 2. The second kappa shape index (κ2) is 14.3. The van der Waals surface area contributed by atoms with Gasteiger partial charge in [0.2, 0.25) is 5.91 Å². The lowest BCUT2D eigenvalue weighted by molar-refractivity contribution is -0.126. The lowest BCUT2D eigenvalue weighted by Gasteiger charge is -2.19. The summed E-state index contributed by atoms with van der Waals surface area (Å²) in [6, 6.07) is 18.3. The zero-order valence-corrected chi connectivity index (χ0v) is 21.2. The van der Waals surface area contributed by atoms with Crippen molar-refractivity contribution in [3.63, 3.8) is 0 Å². The average Bonchev–Trinajstić information content (AvgIpc) is 2.93. The molecule has 0 spiro atoms. The summed E-state index contributed by atoms with van der Waals surface area (Å²) in [5, 5.41) is 23.9. The Balaban J connectivity index is 1.51. The zero-order valence-electron chi connectivity index (χ0n) is 21.2. The van der Waals surface area contributed by atoms with Crippen LogP contribution in [-0.2, 0) is 16.0 Å². The summed E-state index contributed by atoms with van der Waals surface area (Å²) in [6.07, 6.45) is -0.472. The van der Waals surface area contributed by atoms with E-state index in [1.165, 1.54) is 31.2 Å². The zero-order chi connectivity index (χ0) is 28.2. The van der Waals surface area contributed by atoms with Crippen LogP contribution < -0.4 is 10.6 Å². The predicted molar refractivity (Wildman–Crippen MR) is 145 cm³/mol. The molecule has 8 heteroatoms. The number of hydrogen-bond donors (Lipinski definition) is 4. The van der Waals surface area contributed by atoms with Crippen molar-refractivity contribution >= 4 is 23.3 Å². The Morgan fingerprint density at radius 1 is 0.923 bits per heavy atom. The van der Waals surface area contributed by atoms with Gasteiger partial charge in [0.1, 0.15) is 18.5 Å². The minimum absolute atomic E-state index is 0.172. The highest BCUT2D eigenvalue weighted by Crippen LogP contribution is 2.11. The van der Waals surface area contributed by atoms with Gasteiger partial charge >= 0.3 is 0 Å². The Hall–Kier alpha value is -4.76. The maximum absolute atomic E-state index is 13.2. The number of halogens is 1. The minimum Gasteiger partial charge on any atom is -0.391 e. The molecule has 2 amide bonds. The van der Waals surface area contributed by atoms with Crippen LogP contribution >= 0.6 is 0 Å². The van der Waals surface area contributed by atoms with Crippen LogP contribution in [0, 0.1) is 29.5 Å². The number of carbonyl (C=O) groups is 3. The van der Waals surface area contributed by atoms with Crippen molar-refractivity contribution in [3.05, 3.63) is 101 Å². The van der Waals surface area contributed by atoms with E-state index >= 15 is 0 Å². The van der Waals surface area contributed by atoms with Gasteiger partial charge in [-0.2, -0.15) is 0 Å². The van der Waals surface area contributed by atoms with Crippen LogP contribution in [-0.4, -0.2) is 46.6 Å². The third kappa shape index (κ3) is 9.24. The van der Waals surface area contributed by atoms with E-state index in [9.17, 15) is 23.9 Å². The van der Waals surface area contributed by atoms with Gasteiger partial charge in [0.15, 0.2) is 5.78 Å². The molecule has 0 aliphatic rings. The summed E-state index contributed by atoms with van der Waals surface area (Å²) in [6.45, 7) is 0.565. The maximum atomic E-state index is 13.2. The fourth-order valence-electron chi connectivity index (χ4n) is 3.52. The number of rotatable bonds is 9. The molecule has 0 aliphatic carbocycles. The first-order valence-electron chi connectivity index (χ1n) is 12.1. The van der Waals surface area contributed by atoms with Gasteiger partial charge in [0.25, 0.3) is 5.91 Å². The molecule has 0 radical (unpaired) electrons. The molecule has 0 saturated carbocycles. The number of anilines is 1. The quantitative estimate of drug-likeness (QED) is 0.320. The number of aliphatic hydroxyl groups excluding tert-OH is 2. The number of hydrogen-bond acceptors (Lipinski definition) is 5. The van der Waals surface area contributed by atoms with E-state index in [1.807, 2.05) is 0 Å². The third-order valence-corrected chi connectivity index (χ3v) is 5.59. The molecule has 0 aromatic heterocycles. The van der Waals surface area contributed by atoms with Gasteiger partial charge in [-0.3, -0.25) is 14.4 Å². The van der Waals surface area contributed by atoms with Crippen molar-refractivity contribution in [3.8, 4) is 23.7 Å². The maximum Gasteiger partial charge on any atom is 0.251 e. The molecule has 3 aromatic rings. The van der Waals surface area contributed by atoms with Crippen molar-refractivity contribution in [2.24, 2.45) is 0 Å². The molecule has 0 aliphatic heterocycles. The van der Waals surface area contributed by atoms with E-state index in [2.05, 4.69) is 34.3 Å². The Morgan fingerprint density at radius 2 is 1.54 bits per heavy atom. The van der Waals surface area contributed by atoms with E-state index in [0.717, 1.165) is 5.56 Å². The Labute approximate surface area is 226 Å². The molecule has 198 valence electrons. The van der Waals surface area contributed by atoms with Crippen LogP contribution in [0.25, 0.3) is 0 Å². The molecule has 2 atom stereocenters. The third-order valence-electron chi connectivity index (χ3n) is 5.59. The van der Waals surface area contributed by atoms with E-state index < -0.39 is 30.4 Å². The lowest BCUT2D eigenvalue weighted by Crippen LogP contribution is -2.48. The van der Waals surface area contributed by atoms with Crippen molar-refractivity contribution in [2.75, 3.05) is 11.9 Å². The fourth-order valence-corrected chi connectivity index (χ4v) is 3.52. The first-order chi connectivity index (χ1) is 18.7. The highest BCUT2D eigenvalue weighted by Gasteiger charge is 2.25. The SMILES string of the molecule is C[C@@H](O)[C@H](NC(=O)c1ccc(C#CC#Cc2ccc(NC(=O)CCc3cccc(F)c3)cc2)cc1)C(=O)CO. The molecule has 0 unspecified atom stereocenters. The van der Waals surface area contributed by atoms with Crippen LogP contribution in [0.1, 0.15) is 40.4 Å². The summed E-state index contributed by atoms with van der Waals surface area (Å²) in [5.41, 5.74) is 2.98. The summed E-state index contributed by atoms with van der Waals surface area (Å²) in [5.74, 6) is 9.53. The van der Waals surface area contributed by atoms with Gasteiger partial charge in [-0.05, 0) is 91.4 Å². The van der Waals surface area contributed by atoms with Crippen LogP contribution in [0.2, 0.25) is 0 Å². The van der Waals surface area contributed by atoms with E-state index in [0.29, 0.717) is 23.2 Å². The average molecular weight is 527 g/mol. The largest absolute Gasteiger partial charge is 0.391 e. The van der Waals surface area contributed by atoms with Gasteiger partial charge < -0.3 is 20.8 Å². The van der Waals surface area contributed by atoms with Gasteiger partial charge in [-0.1, -0.05) is 24.0 Å². The topological polar surface area (TPSA) is 116 Å². The predicted octanol–water partition coefficient (Wildman–Crippen LogP) is 2.84. The molecular weight excluding hydrogens is 499 g/mol. The minimum atomic E-state index is -1.20. The highest BCUT2D eigenvalue weighted by molar-refractivity contribution is 5.98. The van der Waals surface area contributed by atoms with Crippen LogP contribution in [0.3, 0.4) is 0 Å². The Kier molecular flexibility index (Phi) is 10.5. The number of Topliss-reactive ketones (excluding diaryl/α,β-unsaturated/α-hetero) is 1. The molecule has 39 heavy (non-hydrogen) atoms. The number of aliphatic hydroxyl groups is 2. The monoisotopic (exact) mass is 526 g/mol. The molecule has 0 saturated heterocycles. The molecule has 4 N–H and O–H groups in total. The number of aryl methyl sites for hydroxylation is 1. The van der Waals surface area contributed by atoms with Crippen LogP contribution in [0.4, 0.5) is 10.1 Å². The van der Waals surface area contributed by atoms with Crippen molar-refractivity contribution in [1.29, 1.82) is 0 Å². The number of carbonyl (C=O) groups excluding carboxylic acids is 3. The smallest absolute Gasteiger partial charge is 0.251 e. The molecular formula is C31H27FN2O5. The first kappa shape index (κ1) is 28.8. The van der Waals surface area contributed by atoms with Gasteiger partial charge in [0, 0.05) is 28.8 Å². The normalized spacial score (nSPS) is 11.6. The second-order valence-electron chi connectivity index (χ2n) is 8.65. The molecule has 7 nitrogen and oxygen atoms in total. The Bertz CT molecular complexity index is 1440. The number of ketones is 1. The van der Waals surface area contributed by atoms with Crippen molar-refractivity contribution in [1.82, 2.24) is 5.32 Å². The molecule has 3 rings (SSSR count). The van der Waals surface area contributed by atoms with Gasteiger partial charge in [-0.25, -0.2) is 4.39 Å². The van der Waals surface area contributed by atoms with Crippen molar-refractivity contribution < 1.29 is 29.0 Å². The summed E-state index contributed by atoms with van der Waals surface area (Å²) >= 11 is 0. The van der Waals surface area contributed by atoms with Gasteiger partial charge in [-0.15, -0.1) is 0 Å². The molecule has 3 aromatic carbocycles. The van der Waals surface area contributed by atoms with E-state index in [-0.39, 0.29) is 23.7 Å². The summed E-state index contributed by atoms with van der Waals surface area (Å²) in [7, 11) is 0. The van der Waals surface area contributed by atoms with Gasteiger partial charge in [0.05, 0.1) is 6.10 Å². The molecule has 0 fully saturated rings. The summed E-state index contributed by atoms with van der Waals surface area (Å²) < 4.78 is 13.2. The van der Waals surface area contributed by atoms with Crippen LogP contribution in [0.5, 0.6) is 0 Å².